The fourth-order valence-electron chi connectivity index (χ4n) is 3.20. The zero-order valence-electron chi connectivity index (χ0n) is 12.5. The highest BCUT2D eigenvalue weighted by Crippen LogP contribution is 2.27. The van der Waals surface area contributed by atoms with Crippen molar-refractivity contribution < 1.29 is 0 Å². The summed E-state index contributed by atoms with van der Waals surface area (Å²) in [6.45, 7) is 7.86. The lowest BCUT2D eigenvalue weighted by Gasteiger charge is -2.30. The van der Waals surface area contributed by atoms with E-state index in [1.54, 1.807) is 0 Å². The van der Waals surface area contributed by atoms with Gasteiger partial charge in [-0.05, 0) is 59.0 Å². The van der Waals surface area contributed by atoms with Crippen LogP contribution in [-0.2, 0) is 0 Å². The van der Waals surface area contributed by atoms with Crippen molar-refractivity contribution in [2.24, 2.45) is 0 Å². The largest absolute Gasteiger partial charge is 0.302 e. The maximum Gasteiger partial charge on any atom is 0.106 e. The summed E-state index contributed by atoms with van der Waals surface area (Å²) in [5.41, 5.74) is -0.315. The second kappa shape index (κ2) is 7.11. The summed E-state index contributed by atoms with van der Waals surface area (Å²) in [5, 5.41) is 12.5. The molecule has 1 aliphatic heterocycles. The van der Waals surface area contributed by atoms with Gasteiger partial charge in [-0.25, -0.2) is 0 Å². The Morgan fingerprint density at radius 1 is 1.39 bits per heavy atom. The summed E-state index contributed by atoms with van der Waals surface area (Å²) < 4.78 is 0. The highest BCUT2D eigenvalue weighted by Gasteiger charge is 2.30. The molecule has 0 bridgehead atoms. The Morgan fingerprint density at radius 2 is 2.11 bits per heavy atom. The number of nitrogens with one attached hydrogen (secondary N) is 1. The van der Waals surface area contributed by atoms with E-state index in [2.05, 4.69) is 37.1 Å². The van der Waals surface area contributed by atoms with E-state index in [9.17, 15) is 5.26 Å². The van der Waals surface area contributed by atoms with Gasteiger partial charge in [0.05, 0.1) is 6.07 Å². The second-order valence-corrected chi connectivity index (χ2v) is 5.63. The van der Waals surface area contributed by atoms with Gasteiger partial charge in [0.15, 0.2) is 0 Å². The van der Waals surface area contributed by atoms with Crippen LogP contribution < -0.4 is 5.32 Å². The van der Waals surface area contributed by atoms with Crippen LogP contribution in [0.15, 0.2) is 0 Å². The summed E-state index contributed by atoms with van der Waals surface area (Å²) in [5.74, 6) is 0. The molecule has 1 rings (SSSR count). The molecule has 1 N–H and O–H groups in total. The van der Waals surface area contributed by atoms with Crippen molar-refractivity contribution in [3.05, 3.63) is 0 Å². The van der Waals surface area contributed by atoms with Crippen LogP contribution in [0, 0.1) is 11.3 Å². The van der Waals surface area contributed by atoms with Gasteiger partial charge in [-0.1, -0.05) is 13.8 Å². The molecule has 1 fully saturated rings. The third-order valence-corrected chi connectivity index (χ3v) is 4.74. The summed E-state index contributed by atoms with van der Waals surface area (Å²) in [4.78, 5) is 2.65. The predicted octanol–water partition coefficient (Wildman–Crippen LogP) is 2.92. The van der Waals surface area contributed by atoms with Crippen LogP contribution in [0.4, 0.5) is 0 Å². The van der Waals surface area contributed by atoms with E-state index in [0.29, 0.717) is 0 Å². The minimum absolute atomic E-state index is 0.315. The number of likely N-dealkylation sites (tertiary alicyclic amines) is 1. The molecule has 104 valence electrons. The molecule has 0 aromatic heterocycles. The topological polar surface area (TPSA) is 39.1 Å². The van der Waals surface area contributed by atoms with Crippen molar-refractivity contribution in [1.82, 2.24) is 10.2 Å². The van der Waals surface area contributed by atoms with Gasteiger partial charge in [0.1, 0.15) is 5.54 Å². The first-order valence-electron chi connectivity index (χ1n) is 7.48. The van der Waals surface area contributed by atoms with Crippen LogP contribution in [0.25, 0.3) is 0 Å². The Hall–Kier alpha value is -0.590. The minimum Gasteiger partial charge on any atom is -0.302 e. The van der Waals surface area contributed by atoms with E-state index in [-0.39, 0.29) is 5.54 Å². The molecule has 0 saturated carbocycles. The average molecular weight is 251 g/mol. The van der Waals surface area contributed by atoms with Crippen molar-refractivity contribution in [3.8, 4) is 6.07 Å². The molecule has 3 unspecified atom stereocenters. The highest BCUT2D eigenvalue weighted by atomic mass is 15.2. The molecule has 0 radical (unpaired) electrons. The van der Waals surface area contributed by atoms with E-state index in [1.807, 2.05) is 7.05 Å². The van der Waals surface area contributed by atoms with Crippen LogP contribution in [0.2, 0.25) is 0 Å². The van der Waals surface area contributed by atoms with Gasteiger partial charge in [-0.3, -0.25) is 4.90 Å². The number of hydrogen-bond donors (Lipinski definition) is 1. The Kier molecular flexibility index (Phi) is 6.11. The monoisotopic (exact) mass is 251 g/mol. The molecule has 0 spiro atoms. The van der Waals surface area contributed by atoms with E-state index in [4.69, 9.17) is 0 Å². The van der Waals surface area contributed by atoms with Crippen LogP contribution in [0.3, 0.4) is 0 Å². The van der Waals surface area contributed by atoms with Gasteiger partial charge < -0.3 is 5.32 Å². The SMILES string of the molecule is CCC1CCC(C)N1CCCC(C#N)(CC)NC. The number of nitriles is 1. The van der Waals surface area contributed by atoms with Gasteiger partial charge in [0, 0.05) is 12.1 Å². The molecule has 1 aliphatic rings. The van der Waals surface area contributed by atoms with Crippen molar-refractivity contribution in [3.63, 3.8) is 0 Å². The summed E-state index contributed by atoms with van der Waals surface area (Å²) >= 11 is 0. The van der Waals surface area contributed by atoms with Crippen LogP contribution >= 0.6 is 0 Å². The van der Waals surface area contributed by atoms with Gasteiger partial charge in [-0.15, -0.1) is 0 Å². The van der Waals surface area contributed by atoms with Gasteiger partial charge >= 0.3 is 0 Å². The van der Waals surface area contributed by atoms with Gasteiger partial charge in [0.2, 0.25) is 0 Å². The van der Waals surface area contributed by atoms with Crippen LogP contribution in [0.1, 0.15) is 59.3 Å². The summed E-state index contributed by atoms with van der Waals surface area (Å²) in [6.07, 6.45) is 6.89. The highest BCUT2D eigenvalue weighted by molar-refractivity contribution is 5.05. The summed E-state index contributed by atoms with van der Waals surface area (Å²) in [6, 6.07) is 3.94. The smallest absolute Gasteiger partial charge is 0.106 e. The summed E-state index contributed by atoms with van der Waals surface area (Å²) in [7, 11) is 1.90. The molecule has 0 amide bonds. The van der Waals surface area contributed by atoms with Crippen molar-refractivity contribution >= 4 is 0 Å². The third-order valence-electron chi connectivity index (χ3n) is 4.74. The fourth-order valence-corrected chi connectivity index (χ4v) is 3.20. The first-order valence-corrected chi connectivity index (χ1v) is 7.48. The Morgan fingerprint density at radius 3 is 2.61 bits per heavy atom. The zero-order valence-corrected chi connectivity index (χ0v) is 12.5. The molecule has 0 aromatic carbocycles. The maximum atomic E-state index is 9.29. The van der Waals surface area contributed by atoms with E-state index >= 15 is 0 Å². The van der Waals surface area contributed by atoms with Crippen LogP contribution in [0.5, 0.6) is 0 Å². The molecule has 1 saturated heterocycles. The number of hydrogen-bond acceptors (Lipinski definition) is 3. The quantitative estimate of drug-likeness (QED) is 0.756. The predicted molar refractivity (Wildman–Crippen MR) is 76.4 cm³/mol. The molecule has 3 atom stereocenters. The van der Waals surface area contributed by atoms with E-state index in [0.717, 1.165) is 37.9 Å². The second-order valence-electron chi connectivity index (χ2n) is 5.63. The molecular weight excluding hydrogens is 222 g/mol. The molecule has 18 heavy (non-hydrogen) atoms. The Bertz CT molecular complexity index is 278. The lowest BCUT2D eigenvalue weighted by molar-refractivity contribution is 0.188. The van der Waals surface area contributed by atoms with Crippen LogP contribution in [-0.4, -0.2) is 36.1 Å². The molecule has 1 heterocycles. The molecular formula is C15H29N3. The third kappa shape index (κ3) is 3.46. The first kappa shape index (κ1) is 15.5. The first-order chi connectivity index (χ1) is 8.62. The lowest BCUT2D eigenvalue weighted by Crippen LogP contribution is -2.42. The van der Waals surface area contributed by atoms with E-state index in [1.165, 1.54) is 19.3 Å². The standard InChI is InChI=1S/C15H29N3/c1-5-14-9-8-13(3)18(14)11-7-10-15(6-2,12-16)17-4/h13-14,17H,5-11H2,1-4H3. The zero-order chi connectivity index (χ0) is 13.6. The minimum atomic E-state index is -0.315. The normalized spacial score (nSPS) is 27.9. The lowest BCUT2D eigenvalue weighted by atomic mass is 9.92. The van der Waals surface area contributed by atoms with E-state index < -0.39 is 0 Å². The number of nitrogens with zero attached hydrogens (tertiary/aromatic N) is 2. The average Bonchev–Trinajstić information content (AvgIpc) is 2.76. The molecule has 0 aliphatic carbocycles. The Balaban J connectivity index is 2.43. The maximum absolute atomic E-state index is 9.29. The fraction of sp³-hybridized carbons (Fsp3) is 0.933. The number of rotatable bonds is 7. The Labute approximate surface area is 113 Å². The van der Waals surface area contributed by atoms with Crippen molar-refractivity contribution in [1.29, 1.82) is 5.26 Å². The van der Waals surface area contributed by atoms with Gasteiger partial charge in [0.25, 0.3) is 0 Å². The van der Waals surface area contributed by atoms with Crippen molar-refractivity contribution in [2.75, 3.05) is 13.6 Å². The molecule has 3 nitrogen and oxygen atoms in total. The van der Waals surface area contributed by atoms with Gasteiger partial charge in [-0.2, -0.15) is 5.26 Å². The molecule has 3 heteroatoms. The molecule has 0 aromatic rings. The van der Waals surface area contributed by atoms with Crippen molar-refractivity contribution in [2.45, 2.75) is 76.9 Å².